The summed E-state index contributed by atoms with van der Waals surface area (Å²) in [5.41, 5.74) is 6.08. The van der Waals surface area contributed by atoms with Crippen molar-refractivity contribution in [1.82, 2.24) is 14.5 Å². The number of rotatable bonds is 5. The van der Waals surface area contributed by atoms with Crippen molar-refractivity contribution in [3.8, 4) is 17.3 Å². The van der Waals surface area contributed by atoms with Crippen LogP contribution in [0.4, 0.5) is 15.8 Å². The van der Waals surface area contributed by atoms with Crippen LogP contribution in [0.2, 0.25) is 20.1 Å². The lowest BCUT2D eigenvalue weighted by Crippen LogP contribution is -2.58. The van der Waals surface area contributed by atoms with Crippen molar-refractivity contribution >= 4 is 80.4 Å². The number of nitrogens with two attached hydrogens (primary N) is 1. The van der Waals surface area contributed by atoms with Crippen molar-refractivity contribution in [2.45, 2.75) is 52.7 Å². The second-order valence-electron chi connectivity index (χ2n) is 12.2. The van der Waals surface area contributed by atoms with Crippen LogP contribution in [0.3, 0.4) is 0 Å². The molecule has 3 aromatic rings. The Morgan fingerprint density at radius 1 is 1.15 bits per heavy atom. The van der Waals surface area contributed by atoms with E-state index in [4.69, 9.17) is 57.1 Å². The number of carbonyl (C=O) groups is 1. The smallest absolute Gasteiger partial charge is 0.272 e. The fourth-order valence-electron chi connectivity index (χ4n) is 6.65. The van der Waals surface area contributed by atoms with Crippen LogP contribution < -0.4 is 16.2 Å². The average Bonchev–Trinajstić information content (AvgIpc) is 3.02. The summed E-state index contributed by atoms with van der Waals surface area (Å²) in [5, 5.41) is 10.1. The predicted molar refractivity (Wildman–Crippen MR) is 188 cm³/mol. The highest BCUT2D eigenvalue weighted by atomic mass is 35.5. The van der Waals surface area contributed by atoms with E-state index in [1.165, 1.54) is 10.6 Å². The second-order valence-corrected chi connectivity index (χ2v) is 13.7. The van der Waals surface area contributed by atoms with Crippen LogP contribution >= 0.6 is 46.4 Å². The first-order valence-corrected chi connectivity index (χ1v) is 16.4. The van der Waals surface area contributed by atoms with E-state index < -0.39 is 28.1 Å². The Hall–Kier alpha value is -3.62. The molecule has 0 saturated carbocycles. The second kappa shape index (κ2) is 13.1. The van der Waals surface area contributed by atoms with E-state index >= 15 is 4.39 Å². The Kier molecular flexibility index (Phi) is 9.69. The molecule has 0 aliphatic carbocycles. The Labute approximate surface area is 291 Å². The predicted octanol–water partition coefficient (Wildman–Crippen LogP) is 7.68. The Morgan fingerprint density at radius 3 is 2.36 bits per heavy atom. The number of aliphatic imine (C=N–C) groups is 1. The highest BCUT2D eigenvalue weighted by molar-refractivity contribution is 6.50. The molecule has 2 aromatic heterocycles. The van der Waals surface area contributed by atoms with E-state index in [2.05, 4.69) is 17.6 Å². The molecule has 1 fully saturated rings. The maximum atomic E-state index is 15.2. The molecule has 1 unspecified atom stereocenters. The van der Waals surface area contributed by atoms with Gasteiger partial charge in [0.15, 0.2) is 5.82 Å². The first-order valence-electron chi connectivity index (χ1n) is 14.9. The first-order chi connectivity index (χ1) is 22.2. The largest absolute Gasteiger partial charge is 0.396 e. The number of halogens is 5. The van der Waals surface area contributed by atoms with Crippen LogP contribution in [0.1, 0.15) is 46.2 Å². The Morgan fingerprint density at radius 2 is 1.79 bits per heavy atom. The fraction of sp³-hybridized carbons (Fsp3) is 0.364. The standard InChI is InChI=1S/C33H32Cl4FN7O2/c1-7-21(46)44-16(5)12-43(13-17(44)6)31-18-10-20(34)29(22-23(35)24(36)25(37)26(38)27(22)40)42-32(18)45(33(47)19(31)11-39)30-15(4)8-9-41-28(30)14(2)3/h7-10,14-17,30H,1,12-13,40H2,2-6H3/t15-,16-,17+,30?/m1/s1. The van der Waals surface area contributed by atoms with Crippen LogP contribution in [-0.2, 0) is 4.79 Å². The number of fused-ring (bicyclic) bond motifs is 1. The minimum atomic E-state index is -0.998. The first kappa shape index (κ1) is 34.7. The van der Waals surface area contributed by atoms with E-state index in [0.717, 1.165) is 0 Å². The van der Waals surface area contributed by atoms with E-state index in [1.807, 2.05) is 45.6 Å². The van der Waals surface area contributed by atoms with Crippen molar-refractivity contribution < 1.29 is 9.18 Å². The molecule has 4 heterocycles. The van der Waals surface area contributed by atoms with Crippen LogP contribution in [-0.4, -0.2) is 51.2 Å². The quantitative estimate of drug-likeness (QED) is 0.125. The van der Waals surface area contributed by atoms with Gasteiger partial charge in [-0.1, -0.05) is 79.8 Å². The molecule has 5 rings (SSSR count). The van der Waals surface area contributed by atoms with Gasteiger partial charge in [-0.3, -0.25) is 19.1 Å². The zero-order valence-electron chi connectivity index (χ0n) is 26.3. The summed E-state index contributed by atoms with van der Waals surface area (Å²) >= 11 is 25.8. The molecule has 246 valence electrons. The van der Waals surface area contributed by atoms with Crippen molar-refractivity contribution in [3.63, 3.8) is 0 Å². The number of hydrogen-bond acceptors (Lipinski definition) is 7. The van der Waals surface area contributed by atoms with Gasteiger partial charge < -0.3 is 15.5 Å². The zero-order valence-corrected chi connectivity index (χ0v) is 29.3. The van der Waals surface area contributed by atoms with Gasteiger partial charge in [-0.15, -0.1) is 0 Å². The summed E-state index contributed by atoms with van der Waals surface area (Å²) in [4.78, 5) is 40.4. The number of carbonyl (C=O) groups excluding carboxylic acids is 1. The minimum absolute atomic E-state index is 0.00938. The molecule has 9 nitrogen and oxygen atoms in total. The van der Waals surface area contributed by atoms with Gasteiger partial charge in [0.25, 0.3) is 5.56 Å². The summed E-state index contributed by atoms with van der Waals surface area (Å²) in [7, 11) is 0. The molecular weight excluding hydrogens is 687 g/mol. The Bertz CT molecular complexity index is 1960. The SMILES string of the molecule is C=CC(=O)N1[C@H](C)CN(c2c(C#N)c(=O)n(C3C(C(C)C)=NC=C[C@H]3C)c3nc(-c4c(N)c(F)c(Cl)c(Cl)c4Cl)c(Cl)cc23)C[C@@H]1C. The summed E-state index contributed by atoms with van der Waals surface area (Å²) in [6, 6.07) is 2.49. The molecule has 2 aliphatic rings. The number of piperazine rings is 1. The number of aromatic nitrogens is 2. The zero-order chi connectivity index (χ0) is 34.6. The third-order valence-electron chi connectivity index (χ3n) is 8.71. The Balaban J connectivity index is 1.91. The number of allylic oxidation sites excluding steroid dienone is 1. The molecular formula is C33H32Cl4FN7O2. The number of anilines is 2. The maximum Gasteiger partial charge on any atom is 0.272 e. The van der Waals surface area contributed by atoms with Gasteiger partial charge in [0.1, 0.15) is 17.3 Å². The summed E-state index contributed by atoms with van der Waals surface area (Å²) < 4.78 is 16.6. The van der Waals surface area contributed by atoms with Crippen molar-refractivity contribution in [1.29, 1.82) is 5.26 Å². The lowest BCUT2D eigenvalue weighted by Gasteiger charge is -2.45. The summed E-state index contributed by atoms with van der Waals surface area (Å²) in [5.74, 6) is -1.52. The molecule has 0 radical (unpaired) electrons. The third kappa shape index (κ3) is 5.67. The molecule has 14 heteroatoms. The van der Waals surface area contributed by atoms with Crippen molar-refractivity contribution in [2.24, 2.45) is 16.8 Å². The van der Waals surface area contributed by atoms with Gasteiger partial charge in [-0.25, -0.2) is 9.37 Å². The van der Waals surface area contributed by atoms with Gasteiger partial charge in [0, 0.05) is 54.0 Å². The monoisotopic (exact) mass is 717 g/mol. The van der Waals surface area contributed by atoms with Gasteiger partial charge in [-0.05, 0) is 31.9 Å². The number of nitrogens with zero attached hydrogens (tertiary/aromatic N) is 6. The van der Waals surface area contributed by atoms with Gasteiger partial charge in [-0.2, -0.15) is 5.26 Å². The fourth-order valence-corrected chi connectivity index (χ4v) is 7.61. The van der Waals surface area contributed by atoms with E-state index in [9.17, 15) is 14.9 Å². The number of amides is 1. The molecule has 1 amide bonds. The average molecular weight is 719 g/mol. The van der Waals surface area contributed by atoms with E-state index in [1.54, 1.807) is 17.2 Å². The summed E-state index contributed by atoms with van der Waals surface area (Å²) in [6.45, 7) is 13.9. The van der Waals surface area contributed by atoms with Gasteiger partial charge >= 0.3 is 0 Å². The van der Waals surface area contributed by atoms with Gasteiger partial charge in [0.2, 0.25) is 5.91 Å². The van der Waals surface area contributed by atoms with E-state index in [-0.39, 0.29) is 67.4 Å². The summed E-state index contributed by atoms with van der Waals surface area (Å²) in [6.07, 6.45) is 4.83. The number of nitriles is 1. The molecule has 47 heavy (non-hydrogen) atoms. The van der Waals surface area contributed by atoms with Crippen LogP contribution in [0.5, 0.6) is 0 Å². The van der Waals surface area contributed by atoms with Crippen LogP contribution in [0.15, 0.2) is 40.8 Å². The normalized spacial score (nSPS) is 21.3. The highest BCUT2D eigenvalue weighted by Crippen LogP contribution is 2.47. The number of nitrogen functional groups attached to an aromatic ring is 1. The molecule has 2 N–H and O–H groups in total. The number of hydrogen-bond donors (Lipinski definition) is 1. The number of pyridine rings is 2. The molecule has 0 spiro atoms. The minimum Gasteiger partial charge on any atom is -0.396 e. The van der Waals surface area contributed by atoms with Crippen molar-refractivity contribution in [2.75, 3.05) is 23.7 Å². The highest BCUT2D eigenvalue weighted by Gasteiger charge is 2.37. The van der Waals surface area contributed by atoms with Gasteiger partial charge in [0.05, 0.1) is 43.2 Å². The third-order valence-corrected chi connectivity index (χ3v) is 10.3. The molecule has 1 aromatic carbocycles. The molecule has 1 saturated heterocycles. The molecule has 0 bridgehead atoms. The maximum absolute atomic E-state index is 15.2. The van der Waals surface area contributed by atoms with E-state index in [0.29, 0.717) is 29.9 Å². The number of benzene rings is 1. The van der Waals surface area contributed by atoms with Crippen LogP contribution in [0, 0.1) is 29.0 Å². The lowest BCUT2D eigenvalue weighted by molar-refractivity contribution is -0.130. The molecule has 4 atom stereocenters. The lowest BCUT2D eigenvalue weighted by atomic mass is 9.88. The molecule has 2 aliphatic heterocycles. The topological polar surface area (TPSA) is 121 Å². The van der Waals surface area contributed by atoms with Crippen LogP contribution in [0.25, 0.3) is 22.3 Å². The van der Waals surface area contributed by atoms with Crippen molar-refractivity contribution in [3.05, 3.63) is 72.8 Å².